The van der Waals surface area contributed by atoms with Crippen molar-refractivity contribution in [3.8, 4) is 5.75 Å². The van der Waals surface area contributed by atoms with Crippen molar-refractivity contribution >= 4 is 16.6 Å². The fraction of sp³-hybridized carbons (Fsp3) is 0.357. The van der Waals surface area contributed by atoms with Crippen LogP contribution in [0, 0.1) is 5.92 Å². The van der Waals surface area contributed by atoms with Gasteiger partial charge in [-0.2, -0.15) is 0 Å². The Labute approximate surface area is 106 Å². The molecular weight excluding hydrogens is 228 g/mol. The summed E-state index contributed by atoms with van der Waals surface area (Å²) in [5, 5.41) is 11.3. The molecule has 0 atom stereocenters. The molecule has 18 heavy (non-hydrogen) atoms. The fourth-order valence-corrected chi connectivity index (χ4v) is 2.38. The molecule has 0 bridgehead atoms. The molecule has 1 saturated heterocycles. The molecule has 2 heterocycles. The number of aliphatic hydroxyl groups is 1. The minimum atomic E-state index is 0.259. The standard InChI is InChI=1S/C14H16N2O2/c1-18-12-2-3-13-11(6-12)4-5-15-14(13)16-7-10(8-16)9-17/h2-6,10,17H,7-9H2,1H3. The Morgan fingerprint density at radius 2 is 2.22 bits per heavy atom. The van der Waals surface area contributed by atoms with Crippen LogP contribution in [0.1, 0.15) is 0 Å². The third-order valence-corrected chi connectivity index (χ3v) is 3.47. The van der Waals surface area contributed by atoms with Gasteiger partial charge in [-0.15, -0.1) is 0 Å². The fourth-order valence-electron chi connectivity index (χ4n) is 2.38. The van der Waals surface area contributed by atoms with Gasteiger partial charge in [-0.25, -0.2) is 4.98 Å². The summed E-state index contributed by atoms with van der Waals surface area (Å²) in [4.78, 5) is 6.66. The number of methoxy groups -OCH3 is 1. The molecule has 0 radical (unpaired) electrons. The van der Waals surface area contributed by atoms with Crippen LogP contribution in [0.15, 0.2) is 30.5 Å². The Kier molecular flexibility index (Phi) is 2.80. The second-order valence-electron chi connectivity index (χ2n) is 4.68. The van der Waals surface area contributed by atoms with E-state index < -0.39 is 0 Å². The maximum absolute atomic E-state index is 9.07. The molecule has 3 rings (SSSR count). The Hall–Kier alpha value is -1.81. The molecule has 1 aliphatic rings. The highest BCUT2D eigenvalue weighted by atomic mass is 16.5. The molecule has 1 fully saturated rings. The van der Waals surface area contributed by atoms with Crippen molar-refractivity contribution in [3.05, 3.63) is 30.5 Å². The number of hydrogen-bond donors (Lipinski definition) is 1. The van der Waals surface area contributed by atoms with E-state index in [1.807, 2.05) is 30.5 Å². The zero-order chi connectivity index (χ0) is 12.5. The minimum Gasteiger partial charge on any atom is -0.497 e. The molecular formula is C14H16N2O2. The predicted molar refractivity (Wildman–Crippen MR) is 71.1 cm³/mol. The van der Waals surface area contributed by atoms with Gasteiger partial charge in [0.2, 0.25) is 0 Å². The summed E-state index contributed by atoms with van der Waals surface area (Å²) in [5.41, 5.74) is 0. The van der Waals surface area contributed by atoms with Crippen LogP contribution < -0.4 is 9.64 Å². The van der Waals surface area contributed by atoms with Crippen LogP contribution in [0.3, 0.4) is 0 Å². The van der Waals surface area contributed by atoms with Gasteiger partial charge < -0.3 is 14.7 Å². The highest BCUT2D eigenvalue weighted by molar-refractivity contribution is 5.93. The van der Waals surface area contributed by atoms with Gasteiger partial charge in [0.1, 0.15) is 11.6 Å². The number of fused-ring (bicyclic) bond motifs is 1. The second kappa shape index (κ2) is 4.46. The number of nitrogens with zero attached hydrogens (tertiary/aromatic N) is 2. The van der Waals surface area contributed by atoms with Crippen molar-refractivity contribution in [3.63, 3.8) is 0 Å². The summed E-state index contributed by atoms with van der Waals surface area (Å²) in [6.07, 6.45) is 1.82. The lowest BCUT2D eigenvalue weighted by molar-refractivity contribution is 0.200. The Balaban J connectivity index is 1.98. The van der Waals surface area contributed by atoms with Gasteiger partial charge in [0, 0.05) is 37.2 Å². The molecule has 0 saturated carbocycles. The number of aromatic nitrogens is 1. The van der Waals surface area contributed by atoms with E-state index in [1.165, 1.54) is 0 Å². The molecule has 1 aromatic carbocycles. The van der Waals surface area contributed by atoms with Gasteiger partial charge in [-0.1, -0.05) is 0 Å². The van der Waals surface area contributed by atoms with Crippen molar-refractivity contribution in [2.45, 2.75) is 0 Å². The molecule has 0 spiro atoms. The number of aliphatic hydroxyl groups excluding tert-OH is 1. The number of rotatable bonds is 3. The average molecular weight is 244 g/mol. The van der Waals surface area contributed by atoms with Crippen LogP contribution in [0.4, 0.5) is 5.82 Å². The van der Waals surface area contributed by atoms with E-state index in [4.69, 9.17) is 9.84 Å². The van der Waals surface area contributed by atoms with Gasteiger partial charge in [0.15, 0.2) is 0 Å². The first-order valence-corrected chi connectivity index (χ1v) is 6.10. The summed E-state index contributed by atoms with van der Waals surface area (Å²) in [7, 11) is 1.67. The number of anilines is 1. The Morgan fingerprint density at radius 3 is 2.94 bits per heavy atom. The van der Waals surface area contributed by atoms with Crippen molar-refractivity contribution in [2.24, 2.45) is 5.92 Å². The van der Waals surface area contributed by atoms with Crippen LogP contribution in [0.5, 0.6) is 5.75 Å². The number of hydrogen-bond acceptors (Lipinski definition) is 4. The minimum absolute atomic E-state index is 0.259. The topological polar surface area (TPSA) is 45.6 Å². The van der Waals surface area contributed by atoms with E-state index in [2.05, 4.69) is 9.88 Å². The van der Waals surface area contributed by atoms with Gasteiger partial charge in [-0.05, 0) is 29.7 Å². The summed E-state index contributed by atoms with van der Waals surface area (Å²) in [6.45, 7) is 2.03. The van der Waals surface area contributed by atoms with Crippen LogP contribution in [0.2, 0.25) is 0 Å². The summed E-state index contributed by atoms with van der Waals surface area (Å²) in [5.74, 6) is 2.25. The first kappa shape index (κ1) is 11.3. The largest absolute Gasteiger partial charge is 0.497 e. The lowest BCUT2D eigenvalue weighted by Gasteiger charge is -2.39. The first-order valence-electron chi connectivity index (χ1n) is 6.10. The third kappa shape index (κ3) is 1.78. The first-order chi connectivity index (χ1) is 8.81. The zero-order valence-electron chi connectivity index (χ0n) is 10.3. The van der Waals surface area contributed by atoms with Gasteiger partial charge in [-0.3, -0.25) is 0 Å². The van der Waals surface area contributed by atoms with Crippen LogP contribution >= 0.6 is 0 Å². The maximum atomic E-state index is 9.07. The zero-order valence-corrected chi connectivity index (χ0v) is 10.3. The van der Waals surface area contributed by atoms with Gasteiger partial charge >= 0.3 is 0 Å². The molecule has 0 aliphatic carbocycles. The smallest absolute Gasteiger partial charge is 0.136 e. The molecule has 0 amide bonds. The second-order valence-corrected chi connectivity index (χ2v) is 4.68. The van der Waals surface area contributed by atoms with E-state index in [1.54, 1.807) is 7.11 Å². The van der Waals surface area contributed by atoms with Crippen molar-refractivity contribution in [2.75, 3.05) is 31.7 Å². The highest BCUT2D eigenvalue weighted by Gasteiger charge is 2.27. The van der Waals surface area contributed by atoms with E-state index in [9.17, 15) is 0 Å². The highest BCUT2D eigenvalue weighted by Crippen LogP contribution is 2.31. The molecule has 94 valence electrons. The third-order valence-electron chi connectivity index (χ3n) is 3.47. The Morgan fingerprint density at radius 1 is 1.39 bits per heavy atom. The van der Waals surface area contributed by atoms with E-state index in [0.29, 0.717) is 5.92 Å². The predicted octanol–water partition coefficient (Wildman–Crippen LogP) is 1.67. The maximum Gasteiger partial charge on any atom is 0.136 e. The Bertz CT molecular complexity index is 565. The number of pyridine rings is 1. The van der Waals surface area contributed by atoms with Gasteiger partial charge in [0.25, 0.3) is 0 Å². The lowest BCUT2D eigenvalue weighted by Crippen LogP contribution is -2.48. The average Bonchev–Trinajstić information content (AvgIpc) is 2.37. The van der Waals surface area contributed by atoms with E-state index in [-0.39, 0.29) is 6.61 Å². The number of benzene rings is 1. The molecule has 0 unspecified atom stereocenters. The lowest BCUT2D eigenvalue weighted by atomic mass is 10.0. The SMILES string of the molecule is COc1ccc2c(N3CC(CO)C3)nccc2c1. The van der Waals surface area contributed by atoms with Gasteiger partial charge in [0.05, 0.1) is 7.11 Å². The number of ether oxygens (including phenoxy) is 1. The molecule has 4 nitrogen and oxygen atoms in total. The summed E-state index contributed by atoms with van der Waals surface area (Å²) < 4.78 is 5.23. The monoisotopic (exact) mass is 244 g/mol. The molecule has 1 aliphatic heterocycles. The normalized spacial score (nSPS) is 15.8. The summed E-state index contributed by atoms with van der Waals surface area (Å²) >= 11 is 0. The van der Waals surface area contributed by atoms with Crippen LogP contribution in [-0.2, 0) is 0 Å². The van der Waals surface area contributed by atoms with E-state index in [0.717, 1.165) is 35.4 Å². The van der Waals surface area contributed by atoms with Crippen molar-refractivity contribution in [1.82, 2.24) is 4.98 Å². The summed E-state index contributed by atoms with van der Waals surface area (Å²) in [6, 6.07) is 8.01. The van der Waals surface area contributed by atoms with Crippen molar-refractivity contribution < 1.29 is 9.84 Å². The van der Waals surface area contributed by atoms with Crippen LogP contribution in [0.25, 0.3) is 10.8 Å². The van der Waals surface area contributed by atoms with E-state index >= 15 is 0 Å². The molecule has 4 heteroatoms. The molecule has 1 aromatic heterocycles. The molecule has 1 N–H and O–H groups in total. The van der Waals surface area contributed by atoms with Crippen molar-refractivity contribution in [1.29, 1.82) is 0 Å². The molecule has 2 aromatic rings. The quantitative estimate of drug-likeness (QED) is 0.892. The van der Waals surface area contributed by atoms with Crippen LogP contribution in [-0.4, -0.2) is 36.9 Å².